The smallest absolute Gasteiger partial charge is 0.388 e. The number of nitrogens with zero attached hydrogens (tertiary/aromatic N) is 5. The molecule has 25 heavy (non-hydrogen) atoms. The molecule has 0 fully saturated rings. The highest BCUT2D eigenvalue weighted by Crippen LogP contribution is 2.24. The van der Waals surface area contributed by atoms with Gasteiger partial charge in [0.2, 0.25) is 5.88 Å². The van der Waals surface area contributed by atoms with Crippen molar-refractivity contribution in [2.75, 3.05) is 0 Å². The average molecular weight is 369 g/mol. The summed E-state index contributed by atoms with van der Waals surface area (Å²) in [6, 6.07) is 2.99. The zero-order valence-corrected chi connectivity index (χ0v) is 13.5. The van der Waals surface area contributed by atoms with Crippen molar-refractivity contribution in [2.45, 2.75) is 20.1 Å². The minimum atomic E-state index is -3.05. The van der Waals surface area contributed by atoms with Gasteiger partial charge in [0.25, 0.3) is 5.91 Å². The van der Waals surface area contributed by atoms with Crippen LogP contribution in [-0.2, 0) is 6.54 Å². The number of hydrogen-bond acceptors (Lipinski definition) is 6. The van der Waals surface area contributed by atoms with Crippen LogP contribution in [0.25, 0.3) is 5.52 Å². The van der Waals surface area contributed by atoms with E-state index in [9.17, 15) is 13.6 Å². The van der Waals surface area contributed by atoms with E-state index in [1.54, 1.807) is 12.3 Å². The summed E-state index contributed by atoms with van der Waals surface area (Å²) < 4.78 is 29.8. The van der Waals surface area contributed by atoms with E-state index >= 15 is 0 Å². The highest BCUT2D eigenvalue weighted by Gasteiger charge is 2.15. The molecule has 1 amide bonds. The average Bonchev–Trinajstić information content (AvgIpc) is 2.98. The number of hydrogen-bond donors (Lipinski definition) is 1. The molecule has 11 heteroatoms. The predicted molar refractivity (Wildman–Crippen MR) is 82.6 cm³/mol. The normalized spacial score (nSPS) is 11.1. The van der Waals surface area contributed by atoms with E-state index in [2.05, 4.69) is 30.4 Å². The van der Waals surface area contributed by atoms with Gasteiger partial charge in [-0.2, -0.15) is 13.9 Å². The van der Waals surface area contributed by atoms with E-state index in [1.807, 2.05) is 6.92 Å². The number of carbonyl (C=O) groups excluding carboxylic acids is 1. The second-order valence-electron chi connectivity index (χ2n) is 4.96. The molecule has 0 saturated heterocycles. The molecule has 0 spiro atoms. The van der Waals surface area contributed by atoms with Gasteiger partial charge in [-0.15, -0.1) is 9.73 Å². The van der Waals surface area contributed by atoms with Gasteiger partial charge in [-0.05, 0) is 29.8 Å². The third kappa shape index (κ3) is 3.63. The van der Waals surface area contributed by atoms with Crippen molar-refractivity contribution >= 4 is 23.0 Å². The first-order chi connectivity index (χ1) is 12.0. The molecule has 3 aromatic rings. The molecule has 8 nitrogen and oxygen atoms in total. The van der Waals surface area contributed by atoms with Crippen molar-refractivity contribution in [2.24, 2.45) is 0 Å². The molecule has 0 unspecified atom stereocenters. The summed E-state index contributed by atoms with van der Waals surface area (Å²) in [6.07, 6.45) is 2.69. The Balaban J connectivity index is 1.73. The fraction of sp³-hybridized carbons (Fsp3) is 0.214. The standard InChI is InChI=1S/C14H11ClF2N6O2/c1-7-2-3-20-23-11(7)10(21-22-23)6-18-12(24)8-4-9(15)13(19-5-8)25-14(16)17/h2-5,14H,6H2,1H3,(H,18,24). The van der Waals surface area contributed by atoms with Gasteiger partial charge in [0.1, 0.15) is 16.2 Å². The number of rotatable bonds is 5. The summed E-state index contributed by atoms with van der Waals surface area (Å²) in [4.78, 5) is 15.8. The maximum absolute atomic E-state index is 12.2. The van der Waals surface area contributed by atoms with Crippen LogP contribution in [0.15, 0.2) is 24.5 Å². The molecule has 0 aliphatic carbocycles. The molecule has 130 valence electrons. The number of amides is 1. The highest BCUT2D eigenvalue weighted by atomic mass is 35.5. The predicted octanol–water partition coefficient (Wildman–Crippen LogP) is 2.01. The zero-order valence-electron chi connectivity index (χ0n) is 12.8. The van der Waals surface area contributed by atoms with Crippen LogP contribution < -0.4 is 10.1 Å². The van der Waals surface area contributed by atoms with Crippen LogP contribution in [0.2, 0.25) is 5.02 Å². The van der Waals surface area contributed by atoms with Crippen molar-refractivity contribution < 1.29 is 18.3 Å². The first-order valence-electron chi connectivity index (χ1n) is 7.00. The first-order valence-corrected chi connectivity index (χ1v) is 7.38. The van der Waals surface area contributed by atoms with Gasteiger partial charge in [0.05, 0.1) is 12.1 Å². The number of aryl methyl sites for hydroxylation is 1. The van der Waals surface area contributed by atoms with Crippen molar-refractivity contribution in [3.05, 3.63) is 46.4 Å². The number of halogens is 3. The minimum Gasteiger partial charge on any atom is -0.415 e. The molecule has 0 bridgehead atoms. The summed E-state index contributed by atoms with van der Waals surface area (Å²) in [5, 5.41) is 14.3. The van der Waals surface area contributed by atoms with Crippen LogP contribution in [0.3, 0.4) is 0 Å². The third-order valence-corrected chi connectivity index (χ3v) is 3.56. The molecule has 3 aromatic heterocycles. The van der Waals surface area contributed by atoms with Crippen LogP contribution in [-0.4, -0.2) is 37.5 Å². The van der Waals surface area contributed by atoms with Crippen molar-refractivity contribution in [1.82, 2.24) is 30.3 Å². The topological polar surface area (TPSA) is 94.3 Å². The fourth-order valence-electron chi connectivity index (χ4n) is 2.16. The lowest BCUT2D eigenvalue weighted by Crippen LogP contribution is -2.23. The zero-order chi connectivity index (χ0) is 18.0. The lowest BCUT2D eigenvalue weighted by Gasteiger charge is -2.07. The van der Waals surface area contributed by atoms with Gasteiger partial charge >= 0.3 is 6.61 Å². The Bertz CT molecular complexity index is 933. The second kappa shape index (κ2) is 6.93. The molecule has 0 aliphatic rings. The summed E-state index contributed by atoms with van der Waals surface area (Å²) in [6.45, 7) is -1.08. The Kier molecular flexibility index (Phi) is 4.70. The van der Waals surface area contributed by atoms with Gasteiger partial charge in [-0.1, -0.05) is 11.6 Å². The van der Waals surface area contributed by atoms with E-state index < -0.39 is 18.4 Å². The van der Waals surface area contributed by atoms with Gasteiger partial charge in [0.15, 0.2) is 0 Å². The maximum Gasteiger partial charge on any atom is 0.388 e. The SMILES string of the molecule is Cc1ccnn2nnc(CNC(=O)c3cnc(OC(F)F)c(Cl)c3)c12. The van der Waals surface area contributed by atoms with Crippen LogP contribution in [0.5, 0.6) is 5.88 Å². The Hall–Kier alpha value is -2.88. The van der Waals surface area contributed by atoms with Crippen LogP contribution in [0.4, 0.5) is 8.78 Å². The Morgan fingerprint density at radius 2 is 2.28 bits per heavy atom. The maximum atomic E-state index is 12.2. The van der Waals surface area contributed by atoms with Crippen molar-refractivity contribution in [3.63, 3.8) is 0 Å². The monoisotopic (exact) mass is 368 g/mol. The van der Waals surface area contributed by atoms with E-state index in [0.29, 0.717) is 11.2 Å². The number of carbonyl (C=O) groups is 1. The van der Waals surface area contributed by atoms with Crippen molar-refractivity contribution in [3.8, 4) is 5.88 Å². The third-order valence-electron chi connectivity index (χ3n) is 3.28. The van der Waals surface area contributed by atoms with Gasteiger partial charge in [0, 0.05) is 12.4 Å². The molecule has 3 rings (SSSR count). The number of ether oxygens (including phenoxy) is 1. The van der Waals surface area contributed by atoms with E-state index in [0.717, 1.165) is 11.8 Å². The Morgan fingerprint density at radius 1 is 1.48 bits per heavy atom. The summed E-state index contributed by atoms with van der Waals surface area (Å²) in [5.74, 6) is -0.945. The quantitative estimate of drug-likeness (QED) is 0.740. The highest BCUT2D eigenvalue weighted by molar-refractivity contribution is 6.32. The minimum absolute atomic E-state index is 0.0953. The molecular formula is C14H11ClF2N6O2. The van der Waals surface area contributed by atoms with E-state index in [-0.39, 0.29) is 17.1 Å². The lowest BCUT2D eigenvalue weighted by atomic mass is 10.2. The summed E-state index contributed by atoms with van der Waals surface area (Å²) in [5.41, 5.74) is 2.23. The lowest BCUT2D eigenvalue weighted by molar-refractivity contribution is -0.0527. The summed E-state index contributed by atoms with van der Waals surface area (Å²) >= 11 is 5.78. The Labute approximate surface area is 144 Å². The molecule has 0 aromatic carbocycles. The molecule has 0 atom stereocenters. The molecular weight excluding hydrogens is 358 g/mol. The largest absolute Gasteiger partial charge is 0.415 e. The van der Waals surface area contributed by atoms with Gasteiger partial charge in [-0.3, -0.25) is 4.79 Å². The summed E-state index contributed by atoms with van der Waals surface area (Å²) in [7, 11) is 0. The number of pyridine rings is 1. The number of fused-ring (bicyclic) bond motifs is 1. The van der Waals surface area contributed by atoms with Crippen LogP contribution in [0.1, 0.15) is 21.6 Å². The Morgan fingerprint density at radius 3 is 3.00 bits per heavy atom. The molecule has 3 heterocycles. The first kappa shape index (κ1) is 17.0. The molecule has 0 radical (unpaired) electrons. The van der Waals surface area contributed by atoms with E-state index in [1.165, 1.54) is 10.7 Å². The van der Waals surface area contributed by atoms with Gasteiger partial charge in [-0.25, -0.2) is 4.98 Å². The second-order valence-corrected chi connectivity index (χ2v) is 5.37. The van der Waals surface area contributed by atoms with Gasteiger partial charge < -0.3 is 10.1 Å². The van der Waals surface area contributed by atoms with E-state index in [4.69, 9.17) is 11.6 Å². The molecule has 0 saturated carbocycles. The molecule has 1 N–H and O–H groups in total. The number of aromatic nitrogens is 5. The van der Waals surface area contributed by atoms with Crippen LogP contribution >= 0.6 is 11.6 Å². The van der Waals surface area contributed by atoms with Crippen molar-refractivity contribution in [1.29, 1.82) is 0 Å². The number of alkyl halides is 2. The fourth-order valence-corrected chi connectivity index (χ4v) is 2.37. The number of nitrogens with one attached hydrogen (secondary N) is 1. The van der Waals surface area contributed by atoms with Crippen LogP contribution in [0, 0.1) is 6.92 Å². The molecule has 0 aliphatic heterocycles.